The Morgan fingerprint density at radius 2 is 2.06 bits per heavy atom. The third-order valence-electron chi connectivity index (χ3n) is 3.09. The van der Waals surface area contributed by atoms with E-state index in [0.717, 1.165) is 24.8 Å². The molecule has 0 spiro atoms. The first-order valence-corrected chi connectivity index (χ1v) is 6.31. The number of carbonyl (C=O) groups is 1. The monoisotopic (exact) mass is 230 g/mol. The van der Waals surface area contributed by atoms with Gasteiger partial charge in [0.2, 0.25) is 5.78 Å². The van der Waals surface area contributed by atoms with E-state index in [0.29, 0.717) is 11.5 Å². The first kappa shape index (κ1) is 12.0. The van der Waals surface area contributed by atoms with Gasteiger partial charge in [0.25, 0.3) is 0 Å². The fourth-order valence-electron chi connectivity index (χ4n) is 2.15. The van der Waals surface area contributed by atoms with Crippen molar-refractivity contribution in [3.63, 3.8) is 0 Å². The van der Waals surface area contributed by atoms with Gasteiger partial charge in [0.05, 0.1) is 0 Å². The van der Waals surface area contributed by atoms with Crippen LogP contribution in [-0.2, 0) is 0 Å². The van der Waals surface area contributed by atoms with Crippen molar-refractivity contribution in [1.82, 2.24) is 9.97 Å². The highest BCUT2D eigenvalue weighted by Crippen LogP contribution is 2.19. The number of hydrogen-bond acceptors (Lipinski definition) is 3. The normalized spacial score (nSPS) is 19.9. The number of aromatic nitrogens is 2. The van der Waals surface area contributed by atoms with Gasteiger partial charge in [-0.2, -0.15) is 0 Å². The summed E-state index contributed by atoms with van der Waals surface area (Å²) in [5.74, 6) is 0.736. The van der Waals surface area contributed by atoms with Crippen LogP contribution in [-0.4, -0.2) is 15.8 Å². The van der Waals surface area contributed by atoms with Crippen molar-refractivity contribution in [2.75, 3.05) is 0 Å². The predicted molar refractivity (Wildman–Crippen MR) is 66.9 cm³/mol. The second kappa shape index (κ2) is 5.71. The molecule has 0 fully saturated rings. The van der Waals surface area contributed by atoms with E-state index in [1.807, 2.05) is 6.92 Å². The van der Waals surface area contributed by atoms with Gasteiger partial charge in [0.15, 0.2) is 0 Å². The van der Waals surface area contributed by atoms with Gasteiger partial charge in [-0.15, -0.1) is 0 Å². The van der Waals surface area contributed by atoms with E-state index in [1.165, 1.54) is 19.3 Å². The zero-order valence-electron chi connectivity index (χ0n) is 10.3. The van der Waals surface area contributed by atoms with Crippen LogP contribution in [0.15, 0.2) is 23.9 Å². The maximum Gasteiger partial charge on any atom is 0.207 e. The number of Topliss-reactive ketones (excluding diaryl/α,β-unsaturated/α-hetero) is 1. The first-order chi connectivity index (χ1) is 8.27. The van der Waals surface area contributed by atoms with Crippen molar-refractivity contribution in [3.05, 3.63) is 35.4 Å². The molecule has 0 saturated heterocycles. The lowest BCUT2D eigenvalue weighted by Crippen LogP contribution is -2.08. The zero-order chi connectivity index (χ0) is 12.1. The van der Waals surface area contributed by atoms with Gasteiger partial charge in [-0.25, -0.2) is 9.97 Å². The molecule has 0 unspecified atom stereocenters. The second-order valence-corrected chi connectivity index (χ2v) is 4.50. The first-order valence-electron chi connectivity index (χ1n) is 6.31. The Bertz CT molecular complexity index is 438. The molecule has 0 amide bonds. The van der Waals surface area contributed by atoms with Crippen LogP contribution in [0.25, 0.3) is 0 Å². The quantitative estimate of drug-likeness (QED) is 0.732. The van der Waals surface area contributed by atoms with Crippen LogP contribution in [0.4, 0.5) is 0 Å². The molecule has 1 aromatic heterocycles. The molecule has 90 valence electrons. The van der Waals surface area contributed by atoms with E-state index in [1.54, 1.807) is 12.3 Å². The number of carbonyl (C=O) groups excluding carboxylic acids is 1. The second-order valence-electron chi connectivity index (χ2n) is 4.50. The Hall–Kier alpha value is -1.51. The average molecular weight is 230 g/mol. The lowest BCUT2D eigenvalue weighted by atomic mass is 9.96. The zero-order valence-corrected chi connectivity index (χ0v) is 10.3. The van der Waals surface area contributed by atoms with E-state index in [2.05, 4.69) is 16.0 Å². The molecule has 0 bridgehead atoms. The largest absolute Gasteiger partial charge is 0.287 e. The van der Waals surface area contributed by atoms with Crippen molar-refractivity contribution in [3.8, 4) is 0 Å². The third-order valence-corrected chi connectivity index (χ3v) is 3.09. The van der Waals surface area contributed by atoms with Gasteiger partial charge >= 0.3 is 0 Å². The molecule has 17 heavy (non-hydrogen) atoms. The molecule has 0 N–H and O–H groups in total. The van der Waals surface area contributed by atoms with Crippen molar-refractivity contribution >= 4 is 5.78 Å². The summed E-state index contributed by atoms with van der Waals surface area (Å²) in [5, 5.41) is 0. The summed E-state index contributed by atoms with van der Waals surface area (Å²) < 4.78 is 0. The molecule has 0 radical (unpaired) electrons. The number of aryl methyl sites for hydroxylation is 1. The minimum atomic E-state index is 0.0809. The van der Waals surface area contributed by atoms with Crippen LogP contribution in [0, 0.1) is 6.92 Å². The van der Waals surface area contributed by atoms with Gasteiger partial charge in [0.1, 0.15) is 11.5 Å². The molecule has 1 aromatic rings. The summed E-state index contributed by atoms with van der Waals surface area (Å²) in [5.41, 5.74) is 1.46. The van der Waals surface area contributed by atoms with Crippen molar-refractivity contribution < 1.29 is 4.79 Å². The number of rotatable bonds is 2. The highest BCUT2D eigenvalue weighted by molar-refractivity contribution is 6.07. The Labute approximate surface area is 102 Å². The van der Waals surface area contributed by atoms with E-state index >= 15 is 0 Å². The molecule has 0 saturated carbocycles. The molecule has 3 nitrogen and oxygen atoms in total. The minimum Gasteiger partial charge on any atom is -0.287 e. The standard InChI is InChI=1S/C14H18N2O/c1-11-15-10-9-13(16-11)14(17)12-7-5-3-2-4-6-8-12/h7,9-10H,2-6,8H2,1H3/b12-7+. The van der Waals surface area contributed by atoms with Crippen molar-refractivity contribution in [1.29, 1.82) is 0 Å². The van der Waals surface area contributed by atoms with E-state index in [-0.39, 0.29) is 5.78 Å². The Kier molecular flexibility index (Phi) is 4.02. The van der Waals surface area contributed by atoms with Crippen LogP contribution in [0.3, 0.4) is 0 Å². The number of ketones is 1. The summed E-state index contributed by atoms with van der Waals surface area (Å²) in [4.78, 5) is 20.5. The van der Waals surface area contributed by atoms with Gasteiger partial charge in [-0.3, -0.25) is 4.79 Å². The summed E-state index contributed by atoms with van der Waals surface area (Å²) in [6.07, 6.45) is 10.5. The van der Waals surface area contributed by atoms with Gasteiger partial charge in [-0.05, 0) is 44.2 Å². The lowest BCUT2D eigenvalue weighted by molar-refractivity contribution is 0.102. The molecule has 0 aromatic carbocycles. The van der Waals surface area contributed by atoms with Crippen molar-refractivity contribution in [2.45, 2.75) is 45.4 Å². The average Bonchev–Trinajstić information content (AvgIpc) is 2.28. The minimum absolute atomic E-state index is 0.0809. The highest BCUT2D eigenvalue weighted by atomic mass is 16.1. The molecule has 3 heteroatoms. The van der Waals surface area contributed by atoms with Crippen LogP contribution in [0.1, 0.15) is 54.8 Å². The molecule has 0 atom stereocenters. The van der Waals surface area contributed by atoms with Crippen LogP contribution in [0.2, 0.25) is 0 Å². The Morgan fingerprint density at radius 1 is 1.24 bits per heavy atom. The van der Waals surface area contributed by atoms with Gasteiger partial charge in [0, 0.05) is 6.20 Å². The summed E-state index contributed by atoms with van der Waals surface area (Å²) >= 11 is 0. The smallest absolute Gasteiger partial charge is 0.207 e. The van der Waals surface area contributed by atoms with E-state index in [9.17, 15) is 4.79 Å². The number of hydrogen-bond donors (Lipinski definition) is 0. The molecule has 1 aliphatic rings. The van der Waals surface area contributed by atoms with Crippen molar-refractivity contribution in [2.24, 2.45) is 0 Å². The number of nitrogens with zero attached hydrogens (tertiary/aromatic N) is 2. The predicted octanol–water partition coefficient (Wildman–Crippen LogP) is 3.25. The molecular weight excluding hydrogens is 212 g/mol. The Balaban J connectivity index is 2.18. The molecule has 2 rings (SSSR count). The fraction of sp³-hybridized carbons (Fsp3) is 0.500. The lowest BCUT2D eigenvalue weighted by Gasteiger charge is -2.10. The Morgan fingerprint density at radius 3 is 2.88 bits per heavy atom. The molecule has 1 aliphatic carbocycles. The van der Waals surface area contributed by atoms with Gasteiger partial charge in [-0.1, -0.05) is 18.9 Å². The van der Waals surface area contributed by atoms with Crippen LogP contribution >= 0.6 is 0 Å². The third kappa shape index (κ3) is 3.22. The van der Waals surface area contributed by atoms with E-state index in [4.69, 9.17) is 0 Å². The highest BCUT2D eigenvalue weighted by Gasteiger charge is 2.14. The fourth-order valence-corrected chi connectivity index (χ4v) is 2.15. The maximum atomic E-state index is 12.3. The number of allylic oxidation sites excluding steroid dienone is 2. The summed E-state index contributed by atoms with van der Waals surface area (Å²) in [6.45, 7) is 1.81. The topological polar surface area (TPSA) is 42.9 Å². The van der Waals surface area contributed by atoms with Crippen LogP contribution < -0.4 is 0 Å². The molecule has 0 aliphatic heterocycles. The SMILES string of the molecule is Cc1nccc(C(=O)/C2=C/CCCCCC2)n1. The van der Waals surface area contributed by atoms with E-state index < -0.39 is 0 Å². The van der Waals surface area contributed by atoms with Crippen LogP contribution in [0.5, 0.6) is 0 Å². The summed E-state index contributed by atoms with van der Waals surface area (Å²) in [6, 6.07) is 1.70. The molecular formula is C14H18N2O. The summed E-state index contributed by atoms with van der Waals surface area (Å²) in [7, 11) is 0. The maximum absolute atomic E-state index is 12.3. The molecule has 1 heterocycles. The van der Waals surface area contributed by atoms with Gasteiger partial charge < -0.3 is 0 Å².